The van der Waals surface area contributed by atoms with E-state index in [9.17, 15) is 4.79 Å². The Labute approximate surface area is 122 Å². The van der Waals surface area contributed by atoms with Crippen molar-refractivity contribution in [3.05, 3.63) is 47.1 Å². The van der Waals surface area contributed by atoms with Gasteiger partial charge in [-0.05, 0) is 31.2 Å². The van der Waals surface area contributed by atoms with Gasteiger partial charge in [0.15, 0.2) is 5.82 Å². The molecule has 2 heterocycles. The highest BCUT2D eigenvalue weighted by Gasteiger charge is 2.21. The number of anilines is 3. The molecule has 0 unspecified atom stereocenters. The van der Waals surface area contributed by atoms with Crippen molar-refractivity contribution in [3.8, 4) is 0 Å². The van der Waals surface area contributed by atoms with E-state index in [0.29, 0.717) is 29.6 Å². The molecule has 0 bridgehead atoms. The summed E-state index contributed by atoms with van der Waals surface area (Å²) in [5, 5.41) is 3.27. The quantitative estimate of drug-likeness (QED) is 0.816. The van der Waals surface area contributed by atoms with Gasteiger partial charge in [-0.25, -0.2) is 4.98 Å². The molecule has 4 nitrogen and oxygen atoms in total. The van der Waals surface area contributed by atoms with Crippen LogP contribution in [-0.2, 0) is 4.79 Å². The van der Waals surface area contributed by atoms with Crippen LogP contribution in [-0.4, -0.2) is 17.4 Å². The molecule has 1 aliphatic heterocycles. The molecule has 1 aromatic heterocycles. The lowest BCUT2D eigenvalue weighted by molar-refractivity contribution is -0.115. The smallest absolute Gasteiger partial charge is 0.226 e. The van der Waals surface area contributed by atoms with Crippen LogP contribution in [0.5, 0.6) is 0 Å². The number of amides is 1. The summed E-state index contributed by atoms with van der Waals surface area (Å²) in [6.45, 7) is 2.62. The number of aryl methyl sites for hydroxylation is 1. The van der Waals surface area contributed by atoms with Crippen LogP contribution < -0.4 is 10.2 Å². The zero-order chi connectivity index (χ0) is 14.1. The monoisotopic (exact) mass is 287 g/mol. The van der Waals surface area contributed by atoms with Crippen LogP contribution in [0.25, 0.3) is 0 Å². The zero-order valence-electron chi connectivity index (χ0n) is 11.1. The summed E-state index contributed by atoms with van der Waals surface area (Å²) in [5.74, 6) is 0.678. The van der Waals surface area contributed by atoms with Crippen molar-refractivity contribution in [1.82, 2.24) is 4.98 Å². The molecule has 5 heteroatoms. The first-order valence-corrected chi connectivity index (χ1v) is 6.82. The third kappa shape index (κ3) is 2.47. The maximum atomic E-state index is 11.8. The number of carbonyl (C=O) groups is 1. The van der Waals surface area contributed by atoms with Gasteiger partial charge in [0.05, 0.1) is 5.69 Å². The molecule has 0 atom stereocenters. The molecule has 1 amide bonds. The number of aromatic nitrogens is 1. The Kier molecular flexibility index (Phi) is 3.32. The highest BCUT2D eigenvalue weighted by molar-refractivity contribution is 6.29. The average molecular weight is 288 g/mol. The van der Waals surface area contributed by atoms with E-state index in [2.05, 4.69) is 10.3 Å². The molecule has 102 valence electrons. The molecule has 0 fully saturated rings. The maximum absolute atomic E-state index is 11.8. The fourth-order valence-corrected chi connectivity index (χ4v) is 2.38. The Morgan fingerprint density at radius 3 is 2.70 bits per heavy atom. The van der Waals surface area contributed by atoms with E-state index in [1.54, 1.807) is 12.1 Å². The summed E-state index contributed by atoms with van der Waals surface area (Å²) >= 11 is 5.99. The number of nitrogens with one attached hydrogen (secondary N) is 1. The summed E-state index contributed by atoms with van der Waals surface area (Å²) < 4.78 is 0. The normalized spacial score (nSPS) is 14.5. The molecule has 0 aliphatic carbocycles. The van der Waals surface area contributed by atoms with Crippen molar-refractivity contribution in [1.29, 1.82) is 0 Å². The first-order valence-electron chi connectivity index (χ1n) is 6.44. The molecule has 0 spiro atoms. The lowest BCUT2D eigenvalue weighted by Gasteiger charge is -2.23. The third-order valence-electron chi connectivity index (χ3n) is 3.28. The Morgan fingerprint density at radius 2 is 1.95 bits per heavy atom. The number of rotatable bonds is 1. The molecule has 2 aromatic rings. The molecule has 0 saturated carbocycles. The molecule has 1 aromatic carbocycles. The van der Waals surface area contributed by atoms with Crippen LogP contribution >= 0.6 is 11.6 Å². The van der Waals surface area contributed by atoms with Crippen molar-refractivity contribution in [2.24, 2.45) is 0 Å². The van der Waals surface area contributed by atoms with Gasteiger partial charge in [0, 0.05) is 18.7 Å². The van der Waals surface area contributed by atoms with Crippen LogP contribution in [0, 0.1) is 6.92 Å². The molecule has 3 rings (SSSR count). The van der Waals surface area contributed by atoms with E-state index in [1.165, 1.54) is 5.56 Å². The van der Waals surface area contributed by atoms with E-state index in [-0.39, 0.29) is 5.91 Å². The maximum Gasteiger partial charge on any atom is 0.226 e. The Hall–Kier alpha value is -2.07. The van der Waals surface area contributed by atoms with Crippen LogP contribution in [0.1, 0.15) is 12.0 Å². The zero-order valence-corrected chi connectivity index (χ0v) is 11.8. The summed E-state index contributed by atoms with van der Waals surface area (Å²) in [4.78, 5) is 18.1. The summed E-state index contributed by atoms with van der Waals surface area (Å²) in [6.07, 6.45) is 0.419. The van der Waals surface area contributed by atoms with Crippen LogP contribution in [0.3, 0.4) is 0 Å². The molecule has 1 N–H and O–H groups in total. The predicted octanol–water partition coefficient (Wildman–Crippen LogP) is 3.52. The van der Waals surface area contributed by atoms with Gasteiger partial charge in [0.1, 0.15) is 5.15 Å². The minimum Gasteiger partial charge on any atom is -0.324 e. The number of carbonyl (C=O) groups excluding carboxylic acids is 1. The van der Waals surface area contributed by atoms with Gasteiger partial charge in [-0.3, -0.25) is 4.79 Å². The van der Waals surface area contributed by atoms with Crippen LogP contribution in [0.4, 0.5) is 17.2 Å². The van der Waals surface area contributed by atoms with Crippen molar-refractivity contribution in [3.63, 3.8) is 0 Å². The first kappa shape index (κ1) is 12.9. The second kappa shape index (κ2) is 5.13. The topological polar surface area (TPSA) is 45.2 Å². The Morgan fingerprint density at radius 1 is 1.20 bits per heavy atom. The summed E-state index contributed by atoms with van der Waals surface area (Å²) in [6, 6.07) is 11.6. The average Bonchev–Trinajstić information content (AvgIpc) is 2.58. The number of benzene rings is 1. The van der Waals surface area contributed by atoms with Gasteiger partial charge in [0.25, 0.3) is 0 Å². The fraction of sp³-hybridized carbons (Fsp3) is 0.200. The van der Waals surface area contributed by atoms with Crippen molar-refractivity contribution in [2.75, 3.05) is 16.8 Å². The van der Waals surface area contributed by atoms with Crippen molar-refractivity contribution in [2.45, 2.75) is 13.3 Å². The highest BCUT2D eigenvalue weighted by atomic mass is 35.5. The van der Waals surface area contributed by atoms with Crippen molar-refractivity contribution >= 4 is 34.7 Å². The minimum atomic E-state index is -0.00927. The van der Waals surface area contributed by atoms with E-state index >= 15 is 0 Å². The Balaban J connectivity index is 2.09. The number of hydrogen-bond donors (Lipinski definition) is 1. The van der Waals surface area contributed by atoms with Crippen molar-refractivity contribution < 1.29 is 4.79 Å². The summed E-state index contributed by atoms with van der Waals surface area (Å²) in [7, 11) is 0. The lowest BCUT2D eigenvalue weighted by Crippen LogP contribution is -2.19. The largest absolute Gasteiger partial charge is 0.324 e. The van der Waals surface area contributed by atoms with E-state index in [1.807, 2.05) is 36.1 Å². The number of halogens is 1. The molecular formula is C15H14ClN3O. The van der Waals surface area contributed by atoms with Crippen LogP contribution in [0.15, 0.2) is 36.4 Å². The summed E-state index contributed by atoms with van der Waals surface area (Å²) in [5.41, 5.74) is 2.89. The Bertz CT molecular complexity index is 655. The molecule has 20 heavy (non-hydrogen) atoms. The second-order valence-corrected chi connectivity index (χ2v) is 5.18. The SMILES string of the molecule is Cc1ccc(N2CCC(=O)Nc3ccc(Cl)nc32)cc1. The van der Waals surface area contributed by atoms with E-state index in [0.717, 1.165) is 5.69 Å². The number of pyridine rings is 1. The number of fused-ring (bicyclic) bond motifs is 1. The van der Waals surface area contributed by atoms with Gasteiger partial charge >= 0.3 is 0 Å². The third-order valence-corrected chi connectivity index (χ3v) is 3.49. The first-order chi connectivity index (χ1) is 9.63. The van der Waals surface area contributed by atoms with E-state index in [4.69, 9.17) is 11.6 Å². The van der Waals surface area contributed by atoms with Gasteiger partial charge in [0.2, 0.25) is 5.91 Å². The lowest BCUT2D eigenvalue weighted by atomic mass is 10.2. The standard InChI is InChI=1S/C15H14ClN3O/c1-10-2-4-11(5-3-10)19-9-8-14(20)17-12-6-7-13(16)18-15(12)19/h2-7H,8-9H2,1H3,(H,17,20). The van der Waals surface area contributed by atoms with Gasteiger partial charge < -0.3 is 10.2 Å². The highest BCUT2D eigenvalue weighted by Crippen LogP contribution is 2.33. The van der Waals surface area contributed by atoms with Gasteiger partial charge in [-0.2, -0.15) is 0 Å². The molecule has 1 aliphatic rings. The second-order valence-electron chi connectivity index (χ2n) is 4.79. The molecule has 0 radical (unpaired) electrons. The molecule has 0 saturated heterocycles. The fourth-order valence-electron chi connectivity index (χ4n) is 2.24. The predicted molar refractivity (Wildman–Crippen MR) is 80.7 cm³/mol. The van der Waals surface area contributed by atoms with Gasteiger partial charge in [-0.15, -0.1) is 0 Å². The number of hydrogen-bond acceptors (Lipinski definition) is 3. The van der Waals surface area contributed by atoms with E-state index < -0.39 is 0 Å². The molecular weight excluding hydrogens is 274 g/mol. The van der Waals surface area contributed by atoms with Crippen LogP contribution in [0.2, 0.25) is 5.15 Å². The minimum absolute atomic E-state index is 0.00927. The number of nitrogens with zero attached hydrogens (tertiary/aromatic N) is 2. The van der Waals surface area contributed by atoms with Gasteiger partial charge in [-0.1, -0.05) is 29.3 Å².